The topological polar surface area (TPSA) is 9.23 Å². The van der Waals surface area contributed by atoms with E-state index < -0.39 is 0 Å². The van der Waals surface area contributed by atoms with E-state index in [0.29, 0.717) is 6.10 Å². The highest BCUT2D eigenvalue weighted by molar-refractivity contribution is 5.34. The Balaban J connectivity index is 1.30. The third-order valence-corrected chi connectivity index (χ3v) is 8.33. The van der Waals surface area contributed by atoms with Gasteiger partial charge in [0.1, 0.15) is 0 Å². The first-order valence-electron chi connectivity index (χ1n) is 12.6. The molecule has 3 unspecified atom stereocenters. The highest BCUT2D eigenvalue weighted by atomic mass is 16.5. The summed E-state index contributed by atoms with van der Waals surface area (Å²) in [6.07, 6.45) is 20.2. The molecule has 0 amide bonds. The summed E-state index contributed by atoms with van der Waals surface area (Å²) in [6, 6.07) is 7.46. The molecule has 0 spiro atoms. The Labute approximate surface area is 179 Å². The van der Waals surface area contributed by atoms with Crippen LogP contribution in [0.15, 0.2) is 30.9 Å². The van der Waals surface area contributed by atoms with E-state index in [-0.39, 0.29) is 0 Å². The van der Waals surface area contributed by atoms with Gasteiger partial charge in [-0.3, -0.25) is 0 Å². The lowest BCUT2D eigenvalue weighted by Gasteiger charge is -2.45. The monoisotopic (exact) mass is 394 g/mol. The summed E-state index contributed by atoms with van der Waals surface area (Å²) in [5.74, 6) is 3.81. The van der Waals surface area contributed by atoms with Gasteiger partial charge in [0.25, 0.3) is 0 Å². The second-order valence-electron chi connectivity index (χ2n) is 10.2. The van der Waals surface area contributed by atoms with Crippen molar-refractivity contribution in [3.05, 3.63) is 47.5 Å². The predicted octanol–water partition coefficient (Wildman–Crippen LogP) is 7.31. The SMILES string of the molecule is C=CCO[C@@H]1CC[C@@H]2CC(C3CCc4cc(CCCCC)ccc4C3)CCC2C1. The van der Waals surface area contributed by atoms with Gasteiger partial charge in [-0.05, 0) is 111 Å². The Hall–Kier alpha value is -1.08. The molecule has 4 rings (SSSR count). The van der Waals surface area contributed by atoms with Crippen LogP contribution in [0.25, 0.3) is 0 Å². The first-order valence-corrected chi connectivity index (χ1v) is 12.6. The van der Waals surface area contributed by atoms with E-state index in [1.165, 1.54) is 83.5 Å². The van der Waals surface area contributed by atoms with Crippen LogP contribution < -0.4 is 0 Å². The molecule has 0 heterocycles. The van der Waals surface area contributed by atoms with Crippen molar-refractivity contribution in [2.24, 2.45) is 23.7 Å². The van der Waals surface area contributed by atoms with Gasteiger partial charge < -0.3 is 4.74 Å². The first-order chi connectivity index (χ1) is 14.3. The third kappa shape index (κ3) is 5.35. The van der Waals surface area contributed by atoms with Gasteiger partial charge in [-0.25, -0.2) is 0 Å². The number of aryl methyl sites for hydroxylation is 2. The molecule has 0 bridgehead atoms. The van der Waals surface area contributed by atoms with Crippen molar-refractivity contribution in [1.82, 2.24) is 0 Å². The summed E-state index contributed by atoms with van der Waals surface area (Å²) in [5.41, 5.74) is 4.92. The number of fused-ring (bicyclic) bond motifs is 2. The van der Waals surface area contributed by atoms with Crippen LogP contribution in [0.3, 0.4) is 0 Å². The molecule has 3 aliphatic rings. The Bertz CT molecular complexity index is 662. The van der Waals surface area contributed by atoms with Gasteiger partial charge in [0, 0.05) is 0 Å². The lowest BCUT2D eigenvalue weighted by Crippen LogP contribution is -2.37. The second-order valence-corrected chi connectivity index (χ2v) is 10.2. The van der Waals surface area contributed by atoms with Crippen molar-refractivity contribution < 1.29 is 4.74 Å². The number of rotatable bonds is 8. The normalized spacial score (nSPS) is 31.7. The molecule has 0 aromatic heterocycles. The Kier molecular flexibility index (Phi) is 7.51. The molecule has 1 aromatic carbocycles. The fraction of sp³-hybridized carbons (Fsp3) is 0.714. The Morgan fingerprint density at radius 2 is 1.72 bits per heavy atom. The molecule has 5 atom stereocenters. The van der Waals surface area contributed by atoms with E-state index in [1.54, 1.807) is 16.7 Å². The summed E-state index contributed by atoms with van der Waals surface area (Å²) in [6.45, 7) is 6.82. The van der Waals surface area contributed by atoms with E-state index >= 15 is 0 Å². The third-order valence-electron chi connectivity index (χ3n) is 8.33. The van der Waals surface area contributed by atoms with Crippen molar-refractivity contribution in [3.63, 3.8) is 0 Å². The lowest BCUT2D eigenvalue weighted by atomic mass is 9.62. The van der Waals surface area contributed by atoms with E-state index in [2.05, 4.69) is 31.7 Å². The molecule has 0 radical (unpaired) electrons. The molecule has 2 saturated carbocycles. The van der Waals surface area contributed by atoms with Crippen LogP contribution in [0, 0.1) is 23.7 Å². The summed E-state index contributed by atoms with van der Waals surface area (Å²) >= 11 is 0. The molecule has 0 aliphatic heterocycles. The quantitative estimate of drug-likeness (QED) is 0.332. The maximum absolute atomic E-state index is 5.99. The van der Waals surface area contributed by atoms with Crippen molar-refractivity contribution in [2.75, 3.05) is 6.61 Å². The maximum atomic E-state index is 5.99. The van der Waals surface area contributed by atoms with Gasteiger partial charge in [-0.1, -0.05) is 44.0 Å². The van der Waals surface area contributed by atoms with Crippen molar-refractivity contribution in [2.45, 2.75) is 96.5 Å². The zero-order valence-corrected chi connectivity index (χ0v) is 18.7. The van der Waals surface area contributed by atoms with E-state index in [4.69, 9.17) is 4.74 Å². The van der Waals surface area contributed by atoms with Gasteiger partial charge in [0.15, 0.2) is 0 Å². The van der Waals surface area contributed by atoms with Gasteiger partial charge in [0.2, 0.25) is 0 Å². The molecule has 160 valence electrons. The summed E-state index contributed by atoms with van der Waals surface area (Å²) < 4.78 is 5.99. The Morgan fingerprint density at radius 3 is 2.55 bits per heavy atom. The number of unbranched alkanes of at least 4 members (excludes halogenated alkanes) is 2. The number of hydrogen-bond donors (Lipinski definition) is 0. The van der Waals surface area contributed by atoms with Gasteiger partial charge in [0.05, 0.1) is 12.7 Å². The fourth-order valence-corrected chi connectivity index (χ4v) is 6.64. The molecular weight excluding hydrogens is 352 g/mol. The molecule has 1 aromatic rings. The minimum atomic E-state index is 0.499. The average Bonchev–Trinajstić information content (AvgIpc) is 2.77. The highest BCUT2D eigenvalue weighted by Gasteiger charge is 2.38. The second kappa shape index (κ2) is 10.3. The van der Waals surface area contributed by atoms with Crippen LogP contribution in [0.2, 0.25) is 0 Å². The van der Waals surface area contributed by atoms with E-state index in [0.717, 1.165) is 30.3 Å². The van der Waals surface area contributed by atoms with Crippen LogP contribution in [0.4, 0.5) is 0 Å². The van der Waals surface area contributed by atoms with Gasteiger partial charge in [-0.15, -0.1) is 6.58 Å². The number of benzene rings is 1. The predicted molar refractivity (Wildman–Crippen MR) is 123 cm³/mol. The Morgan fingerprint density at radius 1 is 0.931 bits per heavy atom. The summed E-state index contributed by atoms with van der Waals surface area (Å²) in [5, 5.41) is 0. The van der Waals surface area contributed by atoms with Crippen LogP contribution in [-0.4, -0.2) is 12.7 Å². The lowest BCUT2D eigenvalue weighted by molar-refractivity contribution is -0.0137. The molecule has 29 heavy (non-hydrogen) atoms. The van der Waals surface area contributed by atoms with Crippen LogP contribution in [0.1, 0.15) is 87.8 Å². The van der Waals surface area contributed by atoms with Crippen molar-refractivity contribution in [1.29, 1.82) is 0 Å². The standard InChI is InChI=1S/C28H42O/c1-3-5-6-7-21-8-9-23-18-24(11-10-22(23)17-21)25-12-13-27-20-28(29-16-4-2)15-14-26(27)19-25/h4,8-9,17,24-28H,2-3,5-7,10-16,18-20H2,1H3/t24?,25?,26-,27?,28-/m1/s1. The minimum absolute atomic E-state index is 0.499. The molecule has 1 nitrogen and oxygen atoms in total. The molecule has 0 saturated heterocycles. The molecule has 2 fully saturated rings. The van der Waals surface area contributed by atoms with Crippen LogP contribution in [0.5, 0.6) is 0 Å². The van der Waals surface area contributed by atoms with Crippen molar-refractivity contribution in [3.8, 4) is 0 Å². The van der Waals surface area contributed by atoms with Crippen LogP contribution >= 0.6 is 0 Å². The number of hydrogen-bond acceptors (Lipinski definition) is 1. The van der Waals surface area contributed by atoms with E-state index in [9.17, 15) is 0 Å². The zero-order valence-electron chi connectivity index (χ0n) is 18.7. The van der Waals surface area contributed by atoms with Gasteiger partial charge in [-0.2, -0.15) is 0 Å². The first kappa shape index (κ1) is 21.2. The largest absolute Gasteiger partial charge is 0.374 e. The molecule has 3 aliphatic carbocycles. The molecular formula is C28H42O. The zero-order chi connectivity index (χ0) is 20.1. The summed E-state index contributed by atoms with van der Waals surface area (Å²) in [7, 11) is 0. The average molecular weight is 395 g/mol. The minimum Gasteiger partial charge on any atom is -0.374 e. The maximum Gasteiger partial charge on any atom is 0.0648 e. The smallest absolute Gasteiger partial charge is 0.0648 e. The molecule has 1 heteroatoms. The summed E-state index contributed by atoms with van der Waals surface area (Å²) in [4.78, 5) is 0. The van der Waals surface area contributed by atoms with Crippen LogP contribution in [-0.2, 0) is 24.0 Å². The van der Waals surface area contributed by atoms with Gasteiger partial charge >= 0.3 is 0 Å². The van der Waals surface area contributed by atoms with E-state index in [1.807, 2.05) is 6.08 Å². The number of ether oxygens (including phenoxy) is 1. The fourth-order valence-electron chi connectivity index (χ4n) is 6.64. The molecule has 0 N–H and O–H groups in total. The van der Waals surface area contributed by atoms with Crippen molar-refractivity contribution >= 4 is 0 Å². The highest BCUT2D eigenvalue weighted by Crippen LogP contribution is 2.47.